The van der Waals surface area contributed by atoms with Gasteiger partial charge in [-0.1, -0.05) is 12.1 Å². The molecule has 0 spiro atoms. The van der Waals surface area contributed by atoms with Crippen molar-refractivity contribution in [2.45, 2.75) is 13.3 Å². The van der Waals surface area contributed by atoms with Crippen LogP contribution in [0.15, 0.2) is 46.0 Å². The fraction of sp³-hybridized carbons (Fsp3) is 0.222. The minimum Gasteiger partial charge on any atom is -0.508 e. The lowest BCUT2D eigenvalue weighted by Crippen LogP contribution is -2.19. The number of methoxy groups -OCH3 is 1. The van der Waals surface area contributed by atoms with Crippen molar-refractivity contribution < 1.29 is 19.4 Å². The van der Waals surface area contributed by atoms with Crippen LogP contribution in [0, 0.1) is 0 Å². The highest BCUT2D eigenvalue weighted by Crippen LogP contribution is 2.36. The SMILES string of the molecule is CCOc1cc(/C=N\NC(=O)Cc2ccc(O)cc2)cc(Br)c1OC. The van der Waals surface area contributed by atoms with Gasteiger partial charge in [0, 0.05) is 0 Å². The number of nitrogens with zero attached hydrogens (tertiary/aromatic N) is 1. The second-order valence-electron chi connectivity index (χ2n) is 5.10. The number of phenolic OH excluding ortho intramolecular Hbond substituents is 1. The van der Waals surface area contributed by atoms with Crippen LogP contribution in [0.1, 0.15) is 18.1 Å². The van der Waals surface area contributed by atoms with Crippen LogP contribution in [-0.2, 0) is 11.2 Å². The Bertz CT molecular complexity index is 760. The van der Waals surface area contributed by atoms with Crippen molar-refractivity contribution in [2.24, 2.45) is 5.10 Å². The Morgan fingerprint density at radius 1 is 1.32 bits per heavy atom. The van der Waals surface area contributed by atoms with E-state index in [1.165, 1.54) is 18.3 Å². The standard InChI is InChI=1S/C18H19BrN2O4/c1-3-25-16-9-13(8-15(19)18(16)24-2)11-20-21-17(23)10-12-4-6-14(22)7-5-12/h4-9,11,22H,3,10H2,1-2H3,(H,21,23)/b20-11-. The predicted octanol–water partition coefficient (Wildman–Crippen LogP) is 3.25. The Balaban J connectivity index is 2.01. The molecule has 132 valence electrons. The summed E-state index contributed by atoms with van der Waals surface area (Å²) in [6.45, 7) is 2.39. The van der Waals surface area contributed by atoms with E-state index in [9.17, 15) is 9.90 Å². The van der Waals surface area contributed by atoms with Crippen LogP contribution in [0.25, 0.3) is 0 Å². The second-order valence-corrected chi connectivity index (χ2v) is 5.96. The van der Waals surface area contributed by atoms with E-state index in [4.69, 9.17) is 9.47 Å². The third-order valence-corrected chi connectivity index (χ3v) is 3.83. The van der Waals surface area contributed by atoms with E-state index in [1.807, 2.05) is 13.0 Å². The molecule has 7 heteroatoms. The molecular formula is C18H19BrN2O4. The molecule has 0 unspecified atom stereocenters. The highest BCUT2D eigenvalue weighted by atomic mass is 79.9. The van der Waals surface area contributed by atoms with Gasteiger partial charge in [-0.05, 0) is 58.2 Å². The minimum atomic E-state index is -0.250. The fourth-order valence-corrected chi connectivity index (χ4v) is 2.76. The molecule has 0 heterocycles. The number of halogens is 1. The number of carbonyl (C=O) groups is 1. The van der Waals surface area contributed by atoms with Crippen LogP contribution in [-0.4, -0.2) is 30.9 Å². The van der Waals surface area contributed by atoms with Gasteiger partial charge < -0.3 is 14.6 Å². The van der Waals surface area contributed by atoms with E-state index in [-0.39, 0.29) is 18.1 Å². The lowest BCUT2D eigenvalue weighted by Gasteiger charge is -2.11. The van der Waals surface area contributed by atoms with Gasteiger partial charge in [0.15, 0.2) is 11.5 Å². The van der Waals surface area contributed by atoms with E-state index >= 15 is 0 Å². The Morgan fingerprint density at radius 3 is 2.68 bits per heavy atom. The molecule has 0 saturated carbocycles. The lowest BCUT2D eigenvalue weighted by molar-refractivity contribution is -0.120. The van der Waals surface area contributed by atoms with E-state index in [0.717, 1.165) is 15.6 Å². The zero-order chi connectivity index (χ0) is 18.2. The third kappa shape index (κ3) is 5.49. The summed E-state index contributed by atoms with van der Waals surface area (Å²) in [6, 6.07) is 10.0. The topological polar surface area (TPSA) is 80.2 Å². The zero-order valence-corrected chi connectivity index (χ0v) is 15.5. The van der Waals surface area contributed by atoms with Gasteiger partial charge in [-0.15, -0.1) is 0 Å². The summed E-state index contributed by atoms with van der Waals surface area (Å²) in [5, 5.41) is 13.2. The number of aromatic hydroxyl groups is 1. The molecule has 6 nitrogen and oxygen atoms in total. The number of hydrogen-bond donors (Lipinski definition) is 2. The predicted molar refractivity (Wildman–Crippen MR) is 99.4 cm³/mol. The molecule has 2 rings (SSSR count). The van der Waals surface area contributed by atoms with Gasteiger partial charge in [0.2, 0.25) is 5.91 Å². The summed E-state index contributed by atoms with van der Waals surface area (Å²) in [7, 11) is 1.57. The first-order valence-electron chi connectivity index (χ1n) is 7.63. The van der Waals surface area contributed by atoms with Gasteiger partial charge in [-0.3, -0.25) is 4.79 Å². The first kappa shape index (κ1) is 18.8. The molecule has 2 N–H and O–H groups in total. The second kappa shape index (κ2) is 9.08. The maximum absolute atomic E-state index is 11.9. The Hall–Kier alpha value is -2.54. The zero-order valence-electron chi connectivity index (χ0n) is 14.0. The monoisotopic (exact) mass is 406 g/mol. The smallest absolute Gasteiger partial charge is 0.244 e. The van der Waals surface area contributed by atoms with Crippen molar-refractivity contribution in [3.05, 3.63) is 52.0 Å². The minimum absolute atomic E-state index is 0.164. The third-order valence-electron chi connectivity index (χ3n) is 3.24. The van der Waals surface area contributed by atoms with Crippen LogP contribution in [0.3, 0.4) is 0 Å². The van der Waals surface area contributed by atoms with Crippen molar-refractivity contribution >= 4 is 28.1 Å². The molecule has 0 aliphatic heterocycles. The first-order valence-corrected chi connectivity index (χ1v) is 8.43. The molecule has 0 bridgehead atoms. The quantitative estimate of drug-likeness (QED) is 0.546. The highest BCUT2D eigenvalue weighted by molar-refractivity contribution is 9.10. The van der Waals surface area contributed by atoms with Crippen molar-refractivity contribution in [3.63, 3.8) is 0 Å². The molecule has 0 atom stereocenters. The van der Waals surface area contributed by atoms with Crippen LogP contribution in [0.2, 0.25) is 0 Å². The first-order chi connectivity index (χ1) is 12.0. The van der Waals surface area contributed by atoms with Gasteiger partial charge in [-0.25, -0.2) is 5.43 Å². The van der Waals surface area contributed by atoms with Crippen molar-refractivity contribution in [3.8, 4) is 17.2 Å². The van der Waals surface area contributed by atoms with E-state index in [2.05, 4.69) is 26.5 Å². The Morgan fingerprint density at radius 2 is 2.04 bits per heavy atom. The maximum atomic E-state index is 11.9. The molecule has 2 aromatic carbocycles. The number of ether oxygens (including phenoxy) is 2. The number of hydrogen-bond acceptors (Lipinski definition) is 5. The number of amides is 1. The maximum Gasteiger partial charge on any atom is 0.244 e. The molecule has 1 amide bonds. The number of rotatable bonds is 7. The molecule has 0 saturated heterocycles. The summed E-state index contributed by atoms with van der Waals surface area (Å²) in [5.74, 6) is 1.11. The van der Waals surface area contributed by atoms with Gasteiger partial charge >= 0.3 is 0 Å². The number of carbonyl (C=O) groups excluding carboxylic acids is 1. The number of nitrogens with one attached hydrogen (secondary N) is 1. The highest BCUT2D eigenvalue weighted by Gasteiger charge is 2.10. The number of phenols is 1. The summed E-state index contributed by atoms with van der Waals surface area (Å²) < 4.78 is 11.6. The van der Waals surface area contributed by atoms with Crippen LogP contribution in [0.4, 0.5) is 0 Å². The van der Waals surface area contributed by atoms with Gasteiger partial charge in [0.1, 0.15) is 5.75 Å². The van der Waals surface area contributed by atoms with Crippen molar-refractivity contribution in [1.82, 2.24) is 5.43 Å². The van der Waals surface area contributed by atoms with E-state index < -0.39 is 0 Å². The summed E-state index contributed by atoms with van der Waals surface area (Å²) >= 11 is 3.42. The van der Waals surface area contributed by atoms with Gasteiger partial charge in [-0.2, -0.15) is 5.10 Å². The molecule has 0 aliphatic rings. The molecule has 0 aromatic heterocycles. The van der Waals surface area contributed by atoms with Crippen molar-refractivity contribution in [1.29, 1.82) is 0 Å². The number of benzene rings is 2. The molecule has 0 aliphatic carbocycles. The molecule has 0 radical (unpaired) electrons. The van der Waals surface area contributed by atoms with Gasteiger partial charge in [0.25, 0.3) is 0 Å². The molecular weight excluding hydrogens is 388 g/mol. The normalized spacial score (nSPS) is 10.7. The number of hydrazone groups is 1. The molecule has 2 aromatic rings. The fourth-order valence-electron chi connectivity index (χ4n) is 2.14. The Labute approximate surface area is 154 Å². The van der Waals surface area contributed by atoms with E-state index in [0.29, 0.717) is 18.1 Å². The summed E-state index contributed by atoms with van der Waals surface area (Å²) in [4.78, 5) is 11.9. The summed E-state index contributed by atoms with van der Waals surface area (Å²) in [5.41, 5.74) is 4.01. The average molecular weight is 407 g/mol. The average Bonchev–Trinajstić information content (AvgIpc) is 2.57. The van der Waals surface area contributed by atoms with Crippen LogP contribution < -0.4 is 14.9 Å². The Kier molecular flexibility index (Phi) is 6.82. The van der Waals surface area contributed by atoms with Gasteiger partial charge in [0.05, 0.1) is 30.8 Å². The lowest BCUT2D eigenvalue weighted by atomic mass is 10.1. The molecule has 25 heavy (non-hydrogen) atoms. The molecule has 0 fully saturated rings. The van der Waals surface area contributed by atoms with Crippen molar-refractivity contribution in [2.75, 3.05) is 13.7 Å². The van der Waals surface area contributed by atoms with Crippen LogP contribution >= 0.6 is 15.9 Å². The summed E-state index contributed by atoms with van der Waals surface area (Å²) in [6.07, 6.45) is 1.70. The van der Waals surface area contributed by atoms with Crippen LogP contribution in [0.5, 0.6) is 17.2 Å². The van der Waals surface area contributed by atoms with E-state index in [1.54, 1.807) is 25.3 Å². The largest absolute Gasteiger partial charge is 0.508 e.